The van der Waals surface area contributed by atoms with Crippen LogP contribution in [0.3, 0.4) is 0 Å². The molecule has 6 nitrogen and oxygen atoms in total. The molecule has 1 aromatic carbocycles. The second-order valence-corrected chi connectivity index (χ2v) is 10.3. The fourth-order valence-electron chi connectivity index (χ4n) is 4.20. The van der Waals surface area contributed by atoms with Crippen LogP contribution in [0.15, 0.2) is 24.3 Å². The maximum Gasteiger partial charge on any atom is 0.416 e. The number of carbonyl (C=O) groups is 1. The molecule has 2 heterocycles. The number of halogens is 3. The van der Waals surface area contributed by atoms with Crippen molar-refractivity contribution in [3.8, 4) is 0 Å². The van der Waals surface area contributed by atoms with Gasteiger partial charge in [-0.15, -0.1) is 0 Å². The normalized spacial score (nSPS) is 19.6. The minimum absolute atomic E-state index is 0.0450. The molecule has 0 unspecified atom stereocenters. The van der Waals surface area contributed by atoms with Gasteiger partial charge in [-0.2, -0.15) is 13.2 Å². The van der Waals surface area contributed by atoms with Crippen LogP contribution in [0.5, 0.6) is 0 Å². The van der Waals surface area contributed by atoms with E-state index in [4.69, 9.17) is 0 Å². The third-order valence-electron chi connectivity index (χ3n) is 5.97. The molecule has 0 atom stereocenters. The van der Waals surface area contributed by atoms with Crippen molar-refractivity contribution in [3.63, 3.8) is 0 Å². The lowest BCUT2D eigenvalue weighted by molar-refractivity contribution is -0.137. The molecule has 0 spiro atoms. The van der Waals surface area contributed by atoms with Gasteiger partial charge in [0.15, 0.2) is 0 Å². The Morgan fingerprint density at radius 1 is 1.10 bits per heavy atom. The SMILES string of the molecule is O=C(NCCCN1CCCC1)C1CCN(S(=O)(=O)Cc2cccc(C(F)(F)F)c2)CC1. The van der Waals surface area contributed by atoms with Crippen LogP contribution in [0.1, 0.15) is 43.2 Å². The van der Waals surface area contributed by atoms with E-state index in [2.05, 4.69) is 10.2 Å². The lowest BCUT2D eigenvalue weighted by Gasteiger charge is -2.30. The molecule has 10 heteroatoms. The molecular weight excluding hydrogens is 431 g/mol. The van der Waals surface area contributed by atoms with Crippen LogP contribution in [-0.4, -0.2) is 62.8 Å². The molecule has 174 valence electrons. The van der Waals surface area contributed by atoms with Gasteiger partial charge in [0, 0.05) is 25.6 Å². The van der Waals surface area contributed by atoms with Crippen molar-refractivity contribution < 1.29 is 26.4 Å². The average molecular weight is 462 g/mol. The van der Waals surface area contributed by atoms with Crippen molar-refractivity contribution in [2.24, 2.45) is 5.92 Å². The van der Waals surface area contributed by atoms with E-state index in [1.807, 2.05) is 0 Å². The fraction of sp³-hybridized carbons (Fsp3) is 0.667. The molecule has 0 radical (unpaired) electrons. The summed E-state index contributed by atoms with van der Waals surface area (Å²) in [7, 11) is -3.75. The topological polar surface area (TPSA) is 69.7 Å². The summed E-state index contributed by atoms with van der Waals surface area (Å²) in [6, 6.07) is 4.40. The predicted octanol–water partition coefficient (Wildman–Crippen LogP) is 2.85. The van der Waals surface area contributed by atoms with Gasteiger partial charge in [0.2, 0.25) is 15.9 Å². The standard InChI is InChI=1S/C21H30F3N3O3S/c22-21(23,24)19-6-3-5-17(15-19)16-31(29,30)27-13-7-18(8-14-27)20(28)25-9-4-12-26-10-1-2-11-26/h3,5-6,15,18H,1-2,4,7-14,16H2,(H,25,28). The van der Waals surface area contributed by atoms with E-state index in [1.54, 1.807) is 0 Å². The lowest BCUT2D eigenvalue weighted by Crippen LogP contribution is -2.43. The maximum absolute atomic E-state index is 12.9. The van der Waals surface area contributed by atoms with Crippen LogP contribution >= 0.6 is 0 Å². The summed E-state index contributed by atoms with van der Waals surface area (Å²) in [6.45, 7) is 4.25. The van der Waals surface area contributed by atoms with E-state index in [1.165, 1.54) is 29.3 Å². The van der Waals surface area contributed by atoms with Crippen LogP contribution < -0.4 is 5.32 Å². The number of sulfonamides is 1. The first-order valence-electron chi connectivity index (χ1n) is 10.8. The maximum atomic E-state index is 12.9. The van der Waals surface area contributed by atoms with Crippen LogP contribution in [0.2, 0.25) is 0 Å². The fourth-order valence-corrected chi connectivity index (χ4v) is 5.75. The third-order valence-corrected chi connectivity index (χ3v) is 7.82. The zero-order chi connectivity index (χ0) is 22.5. The van der Waals surface area contributed by atoms with Crippen LogP contribution in [0.25, 0.3) is 0 Å². The van der Waals surface area contributed by atoms with E-state index in [0.717, 1.165) is 38.2 Å². The Bertz CT molecular complexity index is 847. The average Bonchev–Trinajstić information content (AvgIpc) is 3.24. The molecule has 1 N–H and O–H groups in total. The van der Waals surface area contributed by atoms with Crippen LogP contribution in [0, 0.1) is 5.92 Å². The molecule has 2 fully saturated rings. The smallest absolute Gasteiger partial charge is 0.356 e. The van der Waals surface area contributed by atoms with Gasteiger partial charge >= 0.3 is 6.18 Å². The molecule has 2 aliphatic rings. The number of amides is 1. The van der Waals surface area contributed by atoms with Crippen molar-refractivity contribution in [3.05, 3.63) is 35.4 Å². The highest BCUT2D eigenvalue weighted by atomic mass is 32.2. The molecule has 0 saturated carbocycles. The number of carbonyl (C=O) groups excluding carboxylic acids is 1. The van der Waals surface area contributed by atoms with Crippen molar-refractivity contribution >= 4 is 15.9 Å². The summed E-state index contributed by atoms with van der Waals surface area (Å²) in [5.74, 6) is -0.757. The first-order chi connectivity index (χ1) is 14.6. The van der Waals surface area contributed by atoms with Gasteiger partial charge in [0.25, 0.3) is 0 Å². The minimum Gasteiger partial charge on any atom is -0.356 e. The van der Waals surface area contributed by atoms with Crippen molar-refractivity contribution in [2.75, 3.05) is 39.3 Å². The molecule has 1 amide bonds. The number of nitrogens with one attached hydrogen (secondary N) is 1. The van der Waals surface area contributed by atoms with Crippen molar-refractivity contribution in [2.45, 2.75) is 44.0 Å². The molecule has 1 aromatic rings. The summed E-state index contributed by atoms with van der Waals surface area (Å²) in [5.41, 5.74) is -0.756. The zero-order valence-electron chi connectivity index (χ0n) is 17.5. The predicted molar refractivity (Wildman–Crippen MR) is 112 cm³/mol. The van der Waals surface area contributed by atoms with E-state index in [0.29, 0.717) is 19.4 Å². The Hall–Kier alpha value is -1.65. The number of hydrogen-bond donors (Lipinski definition) is 1. The number of hydrogen-bond acceptors (Lipinski definition) is 4. The van der Waals surface area contributed by atoms with Gasteiger partial charge in [-0.05, 0) is 63.4 Å². The monoisotopic (exact) mass is 461 g/mol. The second-order valence-electron chi connectivity index (χ2n) is 8.32. The van der Waals surface area contributed by atoms with Gasteiger partial charge in [0.05, 0.1) is 11.3 Å². The van der Waals surface area contributed by atoms with Crippen LogP contribution in [0.4, 0.5) is 13.2 Å². The number of likely N-dealkylation sites (tertiary alicyclic amines) is 1. The summed E-state index contributed by atoms with van der Waals surface area (Å²) in [4.78, 5) is 14.8. The number of rotatable bonds is 8. The highest BCUT2D eigenvalue weighted by molar-refractivity contribution is 7.88. The Morgan fingerprint density at radius 3 is 2.42 bits per heavy atom. The molecule has 0 aromatic heterocycles. The molecule has 0 aliphatic carbocycles. The van der Waals surface area contributed by atoms with E-state index < -0.39 is 27.5 Å². The Kier molecular flexibility index (Phi) is 7.98. The first-order valence-corrected chi connectivity index (χ1v) is 12.4. The molecule has 2 aliphatic heterocycles. The van der Waals surface area contributed by atoms with Gasteiger partial charge in [-0.3, -0.25) is 4.79 Å². The summed E-state index contributed by atoms with van der Waals surface area (Å²) in [5, 5.41) is 2.95. The molecule has 3 rings (SSSR count). The Labute approximate surface area is 181 Å². The first kappa shape index (κ1) is 24.0. The third kappa shape index (κ3) is 6.92. The van der Waals surface area contributed by atoms with Gasteiger partial charge in [-0.1, -0.05) is 18.2 Å². The lowest BCUT2D eigenvalue weighted by atomic mass is 9.97. The minimum atomic E-state index is -4.51. The number of benzene rings is 1. The summed E-state index contributed by atoms with van der Waals surface area (Å²) in [6.07, 6.45) is -0.307. The quantitative estimate of drug-likeness (QED) is 0.605. The number of piperidine rings is 1. The molecule has 31 heavy (non-hydrogen) atoms. The highest BCUT2D eigenvalue weighted by Crippen LogP contribution is 2.30. The van der Waals surface area contributed by atoms with Crippen LogP contribution in [-0.2, 0) is 26.7 Å². The van der Waals surface area contributed by atoms with Gasteiger partial charge < -0.3 is 10.2 Å². The molecule has 2 saturated heterocycles. The number of alkyl halides is 3. The summed E-state index contributed by atoms with van der Waals surface area (Å²) < 4.78 is 65.2. The molecular formula is C21H30F3N3O3S. The Morgan fingerprint density at radius 2 is 1.77 bits per heavy atom. The van der Waals surface area contributed by atoms with E-state index in [-0.39, 0.29) is 30.5 Å². The Balaban J connectivity index is 1.44. The second kappa shape index (κ2) is 10.3. The van der Waals surface area contributed by atoms with Gasteiger partial charge in [0.1, 0.15) is 0 Å². The zero-order valence-corrected chi connectivity index (χ0v) is 18.3. The van der Waals surface area contributed by atoms with Crippen molar-refractivity contribution in [1.29, 1.82) is 0 Å². The summed E-state index contributed by atoms with van der Waals surface area (Å²) >= 11 is 0. The van der Waals surface area contributed by atoms with E-state index >= 15 is 0 Å². The van der Waals surface area contributed by atoms with Crippen molar-refractivity contribution in [1.82, 2.24) is 14.5 Å². The largest absolute Gasteiger partial charge is 0.416 e. The van der Waals surface area contributed by atoms with Gasteiger partial charge in [-0.25, -0.2) is 12.7 Å². The number of nitrogens with zero attached hydrogens (tertiary/aromatic N) is 2. The highest BCUT2D eigenvalue weighted by Gasteiger charge is 2.33. The van der Waals surface area contributed by atoms with E-state index in [9.17, 15) is 26.4 Å². The molecule has 0 bridgehead atoms.